The van der Waals surface area contributed by atoms with Crippen LogP contribution in [0.1, 0.15) is 28.8 Å². The van der Waals surface area contributed by atoms with Crippen molar-refractivity contribution in [1.82, 2.24) is 9.97 Å². The highest BCUT2D eigenvalue weighted by molar-refractivity contribution is 5.88. The highest BCUT2D eigenvalue weighted by atomic mass is 16.4. The third-order valence-electron chi connectivity index (χ3n) is 2.62. The van der Waals surface area contributed by atoms with Gasteiger partial charge in [-0.25, -0.2) is 14.8 Å². The minimum absolute atomic E-state index is 0.263. The maximum atomic E-state index is 10.8. The van der Waals surface area contributed by atoms with E-state index < -0.39 is 5.97 Å². The molecular formula is C14H15N3O2. The molecule has 0 saturated heterocycles. The summed E-state index contributed by atoms with van der Waals surface area (Å²) in [6, 6.07) is 8.39. The van der Waals surface area contributed by atoms with E-state index in [0.29, 0.717) is 5.82 Å². The second-order valence-corrected chi connectivity index (χ2v) is 4.17. The van der Waals surface area contributed by atoms with Gasteiger partial charge in [-0.15, -0.1) is 0 Å². The van der Waals surface area contributed by atoms with Crippen molar-refractivity contribution in [3.8, 4) is 0 Å². The van der Waals surface area contributed by atoms with Gasteiger partial charge in [0.1, 0.15) is 11.6 Å². The smallest absolute Gasteiger partial charge is 0.335 e. The van der Waals surface area contributed by atoms with Gasteiger partial charge in [0.15, 0.2) is 0 Å². The molecule has 0 radical (unpaired) electrons. The maximum absolute atomic E-state index is 10.8. The van der Waals surface area contributed by atoms with Gasteiger partial charge in [0, 0.05) is 23.9 Å². The van der Waals surface area contributed by atoms with Crippen molar-refractivity contribution in [1.29, 1.82) is 0 Å². The Morgan fingerprint density at radius 3 is 2.53 bits per heavy atom. The van der Waals surface area contributed by atoms with Gasteiger partial charge in [-0.3, -0.25) is 0 Å². The molecule has 2 aromatic rings. The fourth-order valence-corrected chi connectivity index (χ4v) is 1.70. The van der Waals surface area contributed by atoms with E-state index in [2.05, 4.69) is 15.3 Å². The Balaban J connectivity index is 2.21. The number of nitrogens with one attached hydrogen (secondary N) is 1. The number of carboxylic acid groups (broad SMARTS) is 1. The van der Waals surface area contributed by atoms with Crippen LogP contribution in [0, 0.1) is 6.92 Å². The molecule has 0 spiro atoms. The van der Waals surface area contributed by atoms with Crippen molar-refractivity contribution in [2.24, 2.45) is 0 Å². The Morgan fingerprint density at radius 1 is 1.26 bits per heavy atom. The van der Waals surface area contributed by atoms with Crippen LogP contribution in [-0.2, 0) is 6.42 Å². The van der Waals surface area contributed by atoms with E-state index in [1.54, 1.807) is 24.3 Å². The number of aromatic nitrogens is 2. The number of carboxylic acids is 1. The van der Waals surface area contributed by atoms with Crippen LogP contribution >= 0.6 is 0 Å². The SMILES string of the molecule is CCc1nc(C)cc(Nc2ccc(C(=O)O)cc2)n1. The largest absolute Gasteiger partial charge is 0.478 e. The van der Waals surface area contributed by atoms with Crippen LogP contribution in [-0.4, -0.2) is 21.0 Å². The first kappa shape index (κ1) is 13.0. The Hall–Kier alpha value is -2.43. The van der Waals surface area contributed by atoms with Gasteiger partial charge in [-0.1, -0.05) is 6.92 Å². The Morgan fingerprint density at radius 2 is 1.95 bits per heavy atom. The van der Waals surface area contributed by atoms with Crippen LogP contribution in [0.2, 0.25) is 0 Å². The fourth-order valence-electron chi connectivity index (χ4n) is 1.70. The first-order valence-corrected chi connectivity index (χ1v) is 6.03. The van der Waals surface area contributed by atoms with E-state index in [4.69, 9.17) is 5.11 Å². The molecule has 5 nitrogen and oxygen atoms in total. The summed E-state index contributed by atoms with van der Waals surface area (Å²) >= 11 is 0. The highest BCUT2D eigenvalue weighted by Gasteiger charge is 2.04. The fraction of sp³-hybridized carbons (Fsp3) is 0.214. The van der Waals surface area contributed by atoms with Crippen molar-refractivity contribution in [3.05, 3.63) is 47.4 Å². The van der Waals surface area contributed by atoms with Crippen molar-refractivity contribution in [3.63, 3.8) is 0 Å². The number of anilines is 2. The number of nitrogens with zero attached hydrogens (tertiary/aromatic N) is 2. The summed E-state index contributed by atoms with van der Waals surface area (Å²) in [5.74, 6) is 0.565. The standard InChI is InChI=1S/C14H15N3O2/c1-3-12-15-9(2)8-13(17-12)16-11-6-4-10(5-7-11)14(18)19/h4-8H,3H2,1-2H3,(H,18,19)(H,15,16,17). The summed E-state index contributed by atoms with van der Waals surface area (Å²) in [6.07, 6.45) is 0.772. The summed E-state index contributed by atoms with van der Waals surface area (Å²) < 4.78 is 0. The molecule has 1 aromatic carbocycles. The van der Waals surface area contributed by atoms with E-state index in [-0.39, 0.29) is 5.56 Å². The number of benzene rings is 1. The molecule has 0 fully saturated rings. The number of aryl methyl sites for hydroxylation is 2. The third-order valence-corrected chi connectivity index (χ3v) is 2.62. The van der Waals surface area contributed by atoms with Crippen LogP contribution < -0.4 is 5.32 Å². The van der Waals surface area contributed by atoms with E-state index in [0.717, 1.165) is 23.6 Å². The molecular weight excluding hydrogens is 242 g/mol. The number of carbonyl (C=O) groups is 1. The summed E-state index contributed by atoms with van der Waals surface area (Å²) in [4.78, 5) is 19.4. The van der Waals surface area contributed by atoms with Gasteiger partial charge in [-0.2, -0.15) is 0 Å². The van der Waals surface area contributed by atoms with Gasteiger partial charge >= 0.3 is 5.97 Å². The molecule has 2 rings (SSSR count). The van der Waals surface area contributed by atoms with E-state index in [1.807, 2.05) is 19.9 Å². The van der Waals surface area contributed by atoms with E-state index >= 15 is 0 Å². The van der Waals surface area contributed by atoms with Crippen molar-refractivity contribution < 1.29 is 9.90 Å². The molecule has 0 amide bonds. The minimum Gasteiger partial charge on any atom is -0.478 e. The van der Waals surface area contributed by atoms with Gasteiger partial charge in [0.25, 0.3) is 0 Å². The number of aromatic carboxylic acids is 1. The zero-order chi connectivity index (χ0) is 13.8. The van der Waals surface area contributed by atoms with Crippen LogP contribution in [0.5, 0.6) is 0 Å². The first-order chi connectivity index (χ1) is 9.08. The molecule has 0 aliphatic rings. The topological polar surface area (TPSA) is 75.1 Å². The monoisotopic (exact) mass is 257 g/mol. The highest BCUT2D eigenvalue weighted by Crippen LogP contribution is 2.16. The first-order valence-electron chi connectivity index (χ1n) is 6.03. The van der Waals surface area contributed by atoms with Crippen molar-refractivity contribution >= 4 is 17.5 Å². The maximum Gasteiger partial charge on any atom is 0.335 e. The average Bonchev–Trinajstić information content (AvgIpc) is 2.38. The molecule has 5 heteroatoms. The second-order valence-electron chi connectivity index (χ2n) is 4.17. The van der Waals surface area contributed by atoms with Gasteiger partial charge in [-0.05, 0) is 31.2 Å². The lowest BCUT2D eigenvalue weighted by Gasteiger charge is -2.08. The average molecular weight is 257 g/mol. The lowest BCUT2D eigenvalue weighted by atomic mass is 10.2. The second kappa shape index (κ2) is 5.48. The zero-order valence-electron chi connectivity index (χ0n) is 10.8. The Kier molecular flexibility index (Phi) is 3.75. The predicted octanol–water partition coefficient (Wildman–Crippen LogP) is 2.79. The van der Waals surface area contributed by atoms with Crippen LogP contribution in [0.4, 0.5) is 11.5 Å². The van der Waals surface area contributed by atoms with Crippen LogP contribution in [0.15, 0.2) is 30.3 Å². The van der Waals surface area contributed by atoms with Gasteiger partial charge in [0.05, 0.1) is 5.56 Å². The van der Waals surface area contributed by atoms with Crippen molar-refractivity contribution in [2.75, 3.05) is 5.32 Å². The Bertz CT molecular complexity index is 594. The lowest BCUT2D eigenvalue weighted by molar-refractivity contribution is 0.0697. The normalized spacial score (nSPS) is 10.2. The van der Waals surface area contributed by atoms with Gasteiger partial charge in [0.2, 0.25) is 0 Å². The van der Waals surface area contributed by atoms with Crippen LogP contribution in [0.3, 0.4) is 0 Å². The molecule has 98 valence electrons. The molecule has 0 bridgehead atoms. The zero-order valence-corrected chi connectivity index (χ0v) is 10.8. The third kappa shape index (κ3) is 3.28. The summed E-state index contributed by atoms with van der Waals surface area (Å²) in [5, 5.41) is 12.0. The lowest BCUT2D eigenvalue weighted by Crippen LogP contribution is -2.01. The molecule has 0 aliphatic carbocycles. The molecule has 0 atom stereocenters. The number of hydrogen-bond acceptors (Lipinski definition) is 4. The summed E-state index contributed by atoms with van der Waals surface area (Å²) in [7, 11) is 0. The molecule has 1 heterocycles. The van der Waals surface area contributed by atoms with E-state index in [1.165, 1.54) is 0 Å². The van der Waals surface area contributed by atoms with Crippen LogP contribution in [0.25, 0.3) is 0 Å². The molecule has 1 aromatic heterocycles. The molecule has 0 aliphatic heterocycles. The quantitative estimate of drug-likeness (QED) is 0.880. The van der Waals surface area contributed by atoms with Crippen molar-refractivity contribution in [2.45, 2.75) is 20.3 Å². The predicted molar refractivity (Wildman–Crippen MR) is 72.8 cm³/mol. The molecule has 0 saturated carbocycles. The van der Waals surface area contributed by atoms with E-state index in [9.17, 15) is 4.79 Å². The minimum atomic E-state index is -0.933. The summed E-state index contributed by atoms with van der Waals surface area (Å²) in [6.45, 7) is 3.92. The van der Waals surface area contributed by atoms with Gasteiger partial charge < -0.3 is 10.4 Å². The summed E-state index contributed by atoms with van der Waals surface area (Å²) in [5.41, 5.74) is 1.96. The number of hydrogen-bond donors (Lipinski definition) is 2. The molecule has 2 N–H and O–H groups in total. The molecule has 0 unspecified atom stereocenters. The number of rotatable bonds is 4. The molecule has 19 heavy (non-hydrogen) atoms. The Labute approximate surface area is 111 Å².